The van der Waals surface area contributed by atoms with E-state index in [0.29, 0.717) is 11.4 Å². The zero-order chi connectivity index (χ0) is 8.27. The fraction of sp³-hybridized carbons (Fsp3) is 1.00. The van der Waals surface area contributed by atoms with Gasteiger partial charge in [-0.25, -0.2) is 0 Å². The lowest BCUT2D eigenvalue weighted by molar-refractivity contribution is 0.114. The molecule has 0 radical (unpaired) electrons. The molecule has 2 nitrogen and oxygen atoms in total. The van der Waals surface area contributed by atoms with Crippen LogP contribution in [0, 0.1) is 0 Å². The van der Waals surface area contributed by atoms with Crippen LogP contribution in [0.1, 0.15) is 0 Å². The Morgan fingerprint density at radius 3 is 2.82 bits per heavy atom. The quantitative estimate of drug-likeness (QED) is 0.627. The Morgan fingerprint density at radius 2 is 2.27 bits per heavy atom. The van der Waals surface area contributed by atoms with Crippen molar-refractivity contribution in [1.29, 1.82) is 0 Å². The normalized spacial score (nSPS) is 31.6. The first-order valence-electron chi connectivity index (χ1n) is 3.70. The Labute approximate surface area is 76.4 Å². The van der Waals surface area contributed by atoms with Gasteiger partial charge in [-0.1, -0.05) is 21.6 Å². The largest absolute Gasteiger partial charge is 0.379 e. The molecule has 0 aromatic rings. The van der Waals surface area contributed by atoms with E-state index < -0.39 is 0 Å². The van der Waals surface area contributed by atoms with E-state index in [0.717, 1.165) is 12.3 Å². The van der Waals surface area contributed by atoms with E-state index in [2.05, 4.69) is 19.0 Å². The van der Waals surface area contributed by atoms with Crippen LogP contribution >= 0.6 is 21.6 Å². The highest BCUT2D eigenvalue weighted by atomic mass is 33.1. The van der Waals surface area contributed by atoms with E-state index in [-0.39, 0.29) is 0 Å². The summed E-state index contributed by atoms with van der Waals surface area (Å²) < 4.78 is 5.36. The summed E-state index contributed by atoms with van der Waals surface area (Å²) in [5.41, 5.74) is 0. The van der Waals surface area contributed by atoms with Crippen molar-refractivity contribution in [3.8, 4) is 0 Å². The van der Waals surface area contributed by atoms with Crippen LogP contribution in [0.15, 0.2) is 0 Å². The molecule has 1 saturated heterocycles. The highest BCUT2D eigenvalue weighted by Gasteiger charge is 2.28. The van der Waals surface area contributed by atoms with Gasteiger partial charge in [-0.3, -0.25) is 0 Å². The van der Waals surface area contributed by atoms with Crippen molar-refractivity contribution >= 4 is 21.6 Å². The first-order valence-corrected chi connectivity index (χ1v) is 6.08. The Balaban J connectivity index is 2.31. The van der Waals surface area contributed by atoms with Crippen molar-refractivity contribution in [2.45, 2.75) is 11.4 Å². The van der Waals surface area contributed by atoms with Crippen molar-refractivity contribution in [1.82, 2.24) is 4.90 Å². The van der Waals surface area contributed by atoms with Crippen molar-refractivity contribution in [2.24, 2.45) is 0 Å². The van der Waals surface area contributed by atoms with Crippen LogP contribution in [-0.2, 0) is 4.74 Å². The lowest BCUT2D eigenvalue weighted by Crippen LogP contribution is -2.32. The van der Waals surface area contributed by atoms with Gasteiger partial charge >= 0.3 is 0 Å². The van der Waals surface area contributed by atoms with E-state index in [1.807, 2.05) is 21.6 Å². The molecule has 0 aromatic carbocycles. The van der Waals surface area contributed by atoms with Gasteiger partial charge in [0.1, 0.15) is 0 Å². The van der Waals surface area contributed by atoms with Crippen molar-refractivity contribution in [3.05, 3.63) is 0 Å². The van der Waals surface area contributed by atoms with Crippen molar-refractivity contribution in [3.63, 3.8) is 0 Å². The number of hydrogen-bond acceptors (Lipinski definition) is 4. The van der Waals surface area contributed by atoms with Crippen molar-refractivity contribution < 1.29 is 4.74 Å². The Hall–Kier alpha value is 0.620. The number of methoxy groups -OCH3 is 1. The average Bonchev–Trinajstić information content (AvgIpc) is 2.34. The lowest BCUT2D eigenvalue weighted by Gasteiger charge is -2.19. The maximum Gasteiger partial charge on any atom is 0.0809 e. The Morgan fingerprint density at radius 1 is 1.55 bits per heavy atom. The van der Waals surface area contributed by atoms with E-state index in [4.69, 9.17) is 4.74 Å². The van der Waals surface area contributed by atoms with Gasteiger partial charge in [0.15, 0.2) is 0 Å². The summed E-state index contributed by atoms with van der Waals surface area (Å²) in [7, 11) is 9.90. The minimum Gasteiger partial charge on any atom is -0.379 e. The molecule has 1 aliphatic rings. The van der Waals surface area contributed by atoms with E-state index in [9.17, 15) is 0 Å². The van der Waals surface area contributed by atoms with Gasteiger partial charge in [0.25, 0.3) is 0 Å². The predicted octanol–water partition coefficient (Wildman–Crippen LogP) is 1.33. The third-order valence-electron chi connectivity index (χ3n) is 1.69. The monoisotopic (exact) mass is 193 g/mol. The second kappa shape index (κ2) is 4.60. The van der Waals surface area contributed by atoms with Crippen LogP contribution in [0.4, 0.5) is 0 Å². The topological polar surface area (TPSA) is 12.5 Å². The lowest BCUT2D eigenvalue weighted by atomic mass is 10.2. The maximum absolute atomic E-state index is 5.36. The number of hydrogen-bond donors (Lipinski definition) is 0. The van der Waals surface area contributed by atoms with Crippen LogP contribution in [0.5, 0.6) is 0 Å². The number of ether oxygens (including phenoxy) is 1. The summed E-state index contributed by atoms with van der Waals surface area (Å²) in [5, 5.41) is 0.653. The smallest absolute Gasteiger partial charge is 0.0809 e. The first kappa shape index (κ1) is 9.71. The van der Waals surface area contributed by atoms with Crippen LogP contribution in [0.25, 0.3) is 0 Å². The molecular formula is C7H15NOS2. The molecule has 0 amide bonds. The molecule has 1 rings (SSSR count). The highest BCUT2D eigenvalue weighted by molar-refractivity contribution is 8.77. The summed E-state index contributed by atoms with van der Waals surface area (Å²) in [6.45, 7) is 1.12. The van der Waals surface area contributed by atoms with Gasteiger partial charge < -0.3 is 9.64 Å². The van der Waals surface area contributed by atoms with Crippen LogP contribution in [0.2, 0.25) is 0 Å². The summed E-state index contributed by atoms with van der Waals surface area (Å²) in [6.07, 6.45) is 0.451. The van der Waals surface area contributed by atoms with Gasteiger partial charge in [-0.15, -0.1) is 0 Å². The molecule has 0 saturated carbocycles. The standard InChI is InChI=1S/C7H15NOS2/c1-8(2)4-7-6(9-3)5-10-11-7/h6-7H,4-5H2,1-3H3/t6-,7+/m1/s1. The Kier molecular flexibility index (Phi) is 4.06. The van der Waals surface area contributed by atoms with Crippen LogP contribution < -0.4 is 0 Å². The molecule has 1 fully saturated rings. The third kappa shape index (κ3) is 2.86. The van der Waals surface area contributed by atoms with E-state index in [1.54, 1.807) is 7.11 Å². The van der Waals surface area contributed by atoms with E-state index in [1.165, 1.54) is 0 Å². The average molecular weight is 193 g/mol. The molecule has 11 heavy (non-hydrogen) atoms. The SMILES string of the molecule is CO[C@@H]1CSS[C@H]1CN(C)C. The second-order valence-electron chi connectivity index (χ2n) is 2.96. The van der Waals surface area contributed by atoms with Gasteiger partial charge in [0.05, 0.1) is 11.4 Å². The van der Waals surface area contributed by atoms with Gasteiger partial charge in [-0.05, 0) is 14.1 Å². The third-order valence-corrected chi connectivity index (χ3v) is 4.55. The summed E-state index contributed by atoms with van der Waals surface area (Å²) in [6, 6.07) is 0. The molecule has 4 heteroatoms. The van der Waals surface area contributed by atoms with Gasteiger partial charge in [0, 0.05) is 19.4 Å². The fourth-order valence-electron chi connectivity index (χ4n) is 1.09. The predicted molar refractivity (Wildman–Crippen MR) is 53.2 cm³/mol. The summed E-state index contributed by atoms with van der Waals surface area (Å²) in [5.74, 6) is 1.14. The fourth-order valence-corrected chi connectivity index (χ4v) is 4.38. The minimum absolute atomic E-state index is 0.451. The second-order valence-corrected chi connectivity index (χ2v) is 5.61. The summed E-state index contributed by atoms with van der Waals surface area (Å²) >= 11 is 0. The highest BCUT2D eigenvalue weighted by Crippen LogP contribution is 2.39. The molecule has 0 bridgehead atoms. The maximum atomic E-state index is 5.36. The van der Waals surface area contributed by atoms with E-state index >= 15 is 0 Å². The van der Waals surface area contributed by atoms with Crippen LogP contribution in [-0.4, -0.2) is 49.8 Å². The molecular weight excluding hydrogens is 178 g/mol. The molecule has 1 aliphatic heterocycles. The molecule has 0 N–H and O–H groups in total. The number of nitrogens with zero attached hydrogens (tertiary/aromatic N) is 1. The Bertz CT molecular complexity index is 121. The van der Waals surface area contributed by atoms with Gasteiger partial charge in [0.2, 0.25) is 0 Å². The zero-order valence-corrected chi connectivity index (χ0v) is 8.87. The molecule has 66 valence electrons. The minimum atomic E-state index is 0.451. The summed E-state index contributed by atoms with van der Waals surface area (Å²) in [4.78, 5) is 2.22. The molecule has 1 heterocycles. The first-order chi connectivity index (χ1) is 5.24. The number of rotatable bonds is 3. The molecule has 0 aromatic heterocycles. The molecule has 0 spiro atoms. The molecule has 0 aliphatic carbocycles. The van der Waals surface area contributed by atoms with Crippen molar-refractivity contribution in [2.75, 3.05) is 33.5 Å². The molecule has 2 atom stereocenters. The molecule has 0 unspecified atom stereocenters. The van der Waals surface area contributed by atoms with Crippen LogP contribution in [0.3, 0.4) is 0 Å². The van der Waals surface area contributed by atoms with Gasteiger partial charge in [-0.2, -0.15) is 0 Å². The zero-order valence-electron chi connectivity index (χ0n) is 7.24.